The lowest BCUT2D eigenvalue weighted by molar-refractivity contribution is 0.589. The van der Waals surface area contributed by atoms with Gasteiger partial charge >= 0.3 is 0 Å². The predicted molar refractivity (Wildman–Crippen MR) is 64.4 cm³/mol. The fraction of sp³-hybridized carbons (Fsp3) is 0.500. The van der Waals surface area contributed by atoms with Crippen LogP contribution in [0.15, 0.2) is 18.6 Å². The maximum atomic E-state index is 4.13. The van der Waals surface area contributed by atoms with Crippen molar-refractivity contribution in [2.45, 2.75) is 19.4 Å². The third-order valence-corrected chi connectivity index (χ3v) is 2.72. The largest absolute Gasteiger partial charge is 0.276 e. The molecule has 2 aromatic rings. The van der Waals surface area contributed by atoms with Gasteiger partial charge in [0.15, 0.2) is 0 Å². The SMILES string of the molecule is Cn1cc(CCn2cc(CCBr)nn2)cn1. The number of rotatable bonds is 5. The molecule has 0 radical (unpaired) electrons. The van der Waals surface area contributed by atoms with Gasteiger partial charge < -0.3 is 0 Å². The standard InChI is InChI=1S/C10H14BrN5/c1-15-7-9(6-12-15)3-5-16-8-10(2-4-11)13-14-16/h6-8H,2-5H2,1H3. The Kier molecular flexibility index (Phi) is 3.71. The number of hydrogen-bond donors (Lipinski definition) is 0. The molecule has 0 bridgehead atoms. The lowest BCUT2D eigenvalue weighted by Gasteiger charge is -1.96. The van der Waals surface area contributed by atoms with Gasteiger partial charge in [-0.3, -0.25) is 9.36 Å². The smallest absolute Gasteiger partial charge is 0.0835 e. The summed E-state index contributed by atoms with van der Waals surface area (Å²) < 4.78 is 3.69. The van der Waals surface area contributed by atoms with Gasteiger partial charge in [-0.2, -0.15) is 5.10 Å². The molecule has 0 aliphatic heterocycles. The fourth-order valence-corrected chi connectivity index (χ4v) is 1.91. The molecular formula is C10H14BrN5. The number of halogens is 1. The van der Waals surface area contributed by atoms with E-state index in [4.69, 9.17) is 0 Å². The third-order valence-electron chi connectivity index (χ3n) is 2.32. The van der Waals surface area contributed by atoms with Crippen LogP contribution >= 0.6 is 15.9 Å². The van der Waals surface area contributed by atoms with Gasteiger partial charge in [-0.1, -0.05) is 21.1 Å². The number of nitrogens with zero attached hydrogens (tertiary/aromatic N) is 5. The van der Waals surface area contributed by atoms with E-state index in [2.05, 4.69) is 31.3 Å². The molecule has 0 unspecified atom stereocenters. The molecule has 16 heavy (non-hydrogen) atoms. The highest BCUT2D eigenvalue weighted by atomic mass is 79.9. The molecule has 86 valence electrons. The van der Waals surface area contributed by atoms with Crippen molar-refractivity contribution in [1.29, 1.82) is 0 Å². The van der Waals surface area contributed by atoms with Crippen LogP contribution in [0.5, 0.6) is 0 Å². The zero-order valence-electron chi connectivity index (χ0n) is 9.17. The molecule has 5 nitrogen and oxygen atoms in total. The fourth-order valence-electron chi connectivity index (χ4n) is 1.50. The van der Waals surface area contributed by atoms with Gasteiger partial charge in [0.25, 0.3) is 0 Å². The van der Waals surface area contributed by atoms with Crippen molar-refractivity contribution in [3.05, 3.63) is 29.8 Å². The average molecular weight is 284 g/mol. The van der Waals surface area contributed by atoms with Crippen LogP contribution in [0.1, 0.15) is 11.3 Å². The molecule has 0 N–H and O–H groups in total. The van der Waals surface area contributed by atoms with Crippen LogP contribution in [0.3, 0.4) is 0 Å². The molecule has 0 fully saturated rings. The Morgan fingerprint density at radius 3 is 2.88 bits per heavy atom. The summed E-state index contributed by atoms with van der Waals surface area (Å²) in [5.74, 6) is 0. The van der Waals surface area contributed by atoms with E-state index in [-0.39, 0.29) is 0 Å². The minimum Gasteiger partial charge on any atom is -0.276 e. The molecule has 0 spiro atoms. The maximum Gasteiger partial charge on any atom is 0.0835 e. The highest BCUT2D eigenvalue weighted by Gasteiger charge is 2.01. The van der Waals surface area contributed by atoms with Gasteiger partial charge in [-0.15, -0.1) is 5.10 Å². The van der Waals surface area contributed by atoms with E-state index in [0.717, 1.165) is 30.4 Å². The predicted octanol–water partition coefficient (Wildman–Crippen LogP) is 1.19. The van der Waals surface area contributed by atoms with E-state index in [1.54, 1.807) is 0 Å². The molecule has 2 rings (SSSR count). The Bertz CT molecular complexity index is 448. The summed E-state index contributed by atoms with van der Waals surface area (Å²) in [7, 11) is 1.92. The van der Waals surface area contributed by atoms with E-state index in [1.807, 2.05) is 35.0 Å². The molecular weight excluding hydrogens is 270 g/mol. The molecule has 0 atom stereocenters. The maximum absolute atomic E-state index is 4.13. The monoisotopic (exact) mass is 283 g/mol. The molecule has 0 saturated carbocycles. The molecule has 0 aromatic carbocycles. The molecule has 2 heterocycles. The van der Waals surface area contributed by atoms with Gasteiger partial charge in [-0.25, -0.2) is 0 Å². The lowest BCUT2D eigenvalue weighted by Crippen LogP contribution is -2.01. The number of aromatic nitrogens is 5. The third kappa shape index (κ3) is 2.91. The van der Waals surface area contributed by atoms with Crippen LogP contribution in [0.2, 0.25) is 0 Å². The Labute approximate surface area is 103 Å². The first-order valence-corrected chi connectivity index (χ1v) is 6.32. The van der Waals surface area contributed by atoms with Crippen LogP contribution in [0.25, 0.3) is 0 Å². The van der Waals surface area contributed by atoms with Crippen LogP contribution in [0, 0.1) is 0 Å². The summed E-state index contributed by atoms with van der Waals surface area (Å²) in [5, 5.41) is 13.2. The van der Waals surface area contributed by atoms with Crippen molar-refractivity contribution in [3.8, 4) is 0 Å². The number of alkyl halides is 1. The normalized spacial score (nSPS) is 10.9. The first-order chi connectivity index (χ1) is 7.78. The van der Waals surface area contributed by atoms with E-state index in [1.165, 1.54) is 5.56 Å². The van der Waals surface area contributed by atoms with Crippen molar-refractivity contribution < 1.29 is 0 Å². The van der Waals surface area contributed by atoms with Gasteiger partial charge in [0.1, 0.15) is 0 Å². The summed E-state index contributed by atoms with van der Waals surface area (Å²) in [6.45, 7) is 0.848. The highest BCUT2D eigenvalue weighted by Crippen LogP contribution is 2.01. The molecule has 0 aliphatic rings. The molecule has 0 aliphatic carbocycles. The Hall–Kier alpha value is -1.17. The van der Waals surface area contributed by atoms with Crippen LogP contribution in [-0.2, 0) is 26.4 Å². The number of aryl methyl sites for hydroxylation is 4. The summed E-state index contributed by atoms with van der Waals surface area (Å²) in [6.07, 6.45) is 7.77. The topological polar surface area (TPSA) is 48.5 Å². The van der Waals surface area contributed by atoms with Gasteiger partial charge in [0.2, 0.25) is 0 Å². The zero-order valence-corrected chi connectivity index (χ0v) is 10.8. The quantitative estimate of drug-likeness (QED) is 0.775. The van der Waals surface area contributed by atoms with Crippen molar-refractivity contribution >= 4 is 15.9 Å². The van der Waals surface area contributed by atoms with E-state index in [9.17, 15) is 0 Å². The second-order valence-corrected chi connectivity index (χ2v) is 4.48. The minimum atomic E-state index is 0.848. The summed E-state index contributed by atoms with van der Waals surface area (Å²) in [4.78, 5) is 0. The van der Waals surface area contributed by atoms with Gasteiger partial charge in [-0.05, 0) is 12.0 Å². The van der Waals surface area contributed by atoms with Crippen LogP contribution < -0.4 is 0 Å². The van der Waals surface area contributed by atoms with Gasteiger partial charge in [0, 0.05) is 37.7 Å². The first kappa shape index (κ1) is 11.3. The molecule has 0 saturated heterocycles. The van der Waals surface area contributed by atoms with Crippen molar-refractivity contribution in [1.82, 2.24) is 24.8 Å². The summed E-state index contributed by atoms with van der Waals surface area (Å²) >= 11 is 3.39. The second kappa shape index (κ2) is 5.25. The Morgan fingerprint density at radius 1 is 1.31 bits per heavy atom. The average Bonchev–Trinajstić information content (AvgIpc) is 2.85. The van der Waals surface area contributed by atoms with E-state index >= 15 is 0 Å². The van der Waals surface area contributed by atoms with Crippen LogP contribution in [0.4, 0.5) is 0 Å². The number of hydrogen-bond acceptors (Lipinski definition) is 3. The summed E-state index contributed by atoms with van der Waals surface area (Å²) in [5.41, 5.74) is 2.25. The Morgan fingerprint density at radius 2 is 2.19 bits per heavy atom. The lowest BCUT2D eigenvalue weighted by atomic mass is 10.2. The zero-order chi connectivity index (χ0) is 11.4. The van der Waals surface area contributed by atoms with E-state index < -0.39 is 0 Å². The Balaban J connectivity index is 1.89. The molecule has 0 amide bonds. The summed E-state index contributed by atoms with van der Waals surface area (Å²) in [6, 6.07) is 0. The highest BCUT2D eigenvalue weighted by molar-refractivity contribution is 9.09. The van der Waals surface area contributed by atoms with E-state index in [0.29, 0.717) is 0 Å². The molecule has 2 aromatic heterocycles. The minimum absolute atomic E-state index is 0.848. The van der Waals surface area contributed by atoms with Crippen molar-refractivity contribution in [2.24, 2.45) is 7.05 Å². The van der Waals surface area contributed by atoms with Crippen LogP contribution in [-0.4, -0.2) is 30.1 Å². The first-order valence-electron chi connectivity index (χ1n) is 5.20. The van der Waals surface area contributed by atoms with Crippen molar-refractivity contribution in [3.63, 3.8) is 0 Å². The second-order valence-electron chi connectivity index (χ2n) is 3.68. The van der Waals surface area contributed by atoms with Gasteiger partial charge in [0.05, 0.1) is 11.9 Å². The van der Waals surface area contributed by atoms with Crippen molar-refractivity contribution in [2.75, 3.05) is 5.33 Å². The molecule has 6 heteroatoms.